The van der Waals surface area contributed by atoms with Crippen molar-refractivity contribution in [2.75, 3.05) is 13.7 Å². The van der Waals surface area contributed by atoms with Gasteiger partial charge in [0.05, 0.1) is 16.1 Å². The van der Waals surface area contributed by atoms with Crippen LogP contribution in [0.1, 0.15) is 19.4 Å². The molecule has 104 valence electrons. The molecule has 0 aliphatic carbocycles. The zero-order valence-electron chi connectivity index (χ0n) is 10.9. The van der Waals surface area contributed by atoms with Gasteiger partial charge < -0.3 is 4.74 Å². The summed E-state index contributed by atoms with van der Waals surface area (Å²) in [5.74, 6) is -0.751. The summed E-state index contributed by atoms with van der Waals surface area (Å²) in [6.07, 6.45) is 0. The molecule has 0 saturated heterocycles. The molecule has 19 heavy (non-hydrogen) atoms. The molecule has 7 heteroatoms. The van der Waals surface area contributed by atoms with Gasteiger partial charge in [-0.1, -0.05) is 0 Å². The van der Waals surface area contributed by atoms with Crippen LogP contribution in [0.5, 0.6) is 0 Å². The first kappa shape index (κ1) is 15.6. The van der Waals surface area contributed by atoms with E-state index >= 15 is 0 Å². The largest absolute Gasteiger partial charge is 0.377 e. The first-order chi connectivity index (χ1) is 8.72. The van der Waals surface area contributed by atoms with Gasteiger partial charge in [0, 0.05) is 13.7 Å². The molecule has 1 aromatic rings. The lowest BCUT2D eigenvalue weighted by Crippen LogP contribution is -2.39. The minimum Gasteiger partial charge on any atom is -0.377 e. The third-order valence-corrected chi connectivity index (χ3v) is 4.01. The van der Waals surface area contributed by atoms with Gasteiger partial charge in [-0.25, -0.2) is 17.5 Å². The average Bonchev–Trinajstić information content (AvgIpc) is 2.37. The van der Waals surface area contributed by atoms with Crippen molar-refractivity contribution in [2.24, 2.45) is 0 Å². The van der Waals surface area contributed by atoms with E-state index in [0.29, 0.717) is 0 Å². The molecular formula is C12H15FN2O3S. The second kappa shape index (κ2) is 5.65. The molecule has 0 radical (unpaired) electrons. The van der Waals surface area contributed by atoms with E-state index < -0.39 is 21.4 Å². The summed E-state index contributed by atoms with van der Waals surface area (Å²) in [7, 11) is -2.33. The maximum atomic E-state index is 13.1. The van der Waals surface area contributed by atoms with E-state index in [1.165, 1.54) is 7.11 Å². The molecule has 0 heterocycles. The van der Waals surface area contributed by atoms with Crippen LogP contribution in [-0.4, -0.2) is 27.7 Å². The highest BCUT2D eigenvalue weighted by Crippen LogP contribution is 2.15. The third-order valence-electron chi connectivity index (χ3n) is 2.61. The van der Waals surface area contributed by atoms with E-state index in [9.17, 15) is 12.8 Å². The molecule has 0 atom stereocenters. The van der Waals surface area contributed by atoms with Crippen molar-refractivity contribution < 1.29 is 17.5 Å². The normalized spacial score (nSPS) is 12.2. The molecule has 0 saturated carbocycles. The fraction of sp³-hybridized carbons (Fsp3) is 0.417. The molecule has 0 spiro atoms. The number of halogens is 1. The number of sulfonamides is 1. The van der Waals surface area contributed by atoms with Crippen molar-refractivity contribution in [1.29, 1.82) is 5.26 Å². The predicted octanol–water partition coefficient (Wildman–Crippen LogP) is 1.40. The molecule has 5 nitrogen and oxygen atoms in total. The molecule has 0 bridgehead atoms. The van der Waals surface area contributed by atoms with Crippen molar-refractivity contribution in [2.45, 2.75) is 24.3 Å². The van der Waals surface area contributed by atoms with Gasteiger partial charge in [-0.05, 0) is 32.0 Å². The van der Waals surface area contributed by atoms with Crippen molar-refractivity contribution in [3.05, 3.63) is 29.6 Å². The Morgan fingerprint density at radius 3 is 2.63 bits per heavy atom. The Hall–Kier alpha value is -1.49. The molecule has 1 aromatic carbocycles. The summed E-state index contributed by atoms with van der Waals surface area (Å²) in [6, 6.07) is 4.66. The van der Waals surface area contributed by atoms with Gasteiger partial charge in [-0.15, -0.1) is 0 Å². The Morgan fingerprint density at radius 1 is 1.47 bits per heavy atom. The monoisotopic (exact) mass is 286 g/mol. The first-order valence-electron chi connectivity index (χ1n) is 5.46. The van der Waals surface area contributed by atoms with Gasteiger partial charge in [-0.2, -0.15) is 5.26 Å². The number of nitriles is 1. The molecule has 0 aromatic heterocycles. The van der Waals surface area contributed by atoms with Gasteiger partial charge in [0.25, 0.3) is 0 Å². The summed E-state index contributed by atoms with van der Waals surface area (Å²) in [5.41, 5.74) is -0.973. The maximum Gasteiger partial charge on any atom is 0.240 e. The molecule has 0 aliphatic rings. The van der Waals surface area contributed by atoms with E-state index in [1.807, 2.05) is 0 Å². The molecule has 0 unspecified atom stereocenters. The zero-order valence-corrected chi connectivity index (χ0v) is 11.7. The minimum absolute atomic E-state index is 0.0606. The van der Waals surface area contributed by atoms with Crippen LogP contribution in [-0.2, 0) is 14.8 Å². The van der Waals surface area contributed by atoms with Crippen LogP contribution >= 0.6 is 0 Å². The predicted molar refractivity (Wildman–Crippen MR) is 67.4 cm³/mol. The lowest BCUT2D eigenvalue weighted by molar-refractivity contribution is 0.0276. The van der Waals surface area contributed by atoms with Crippen LogP contribution < -0.4 is 4.72 Å². The highest BCUT2D eigenvalue weighted by molar-refractivity contribution is 7.89. The summed E-state index contributed by atoms with van der Waals surface area (Å²) in [6.45, 7) is 3.51. The Balaban J connectivity index is 2.99. The Kier molecular flexibility index (Phi) is 4.63. The van der Waals surface area contributed by atoms with E-state index in [2.05, 4.69) is 4.72 Å². The number of methoxy groups -OCH3 is 1. The smallest absolute Gasteiger partial charge is 0.240 e. The number of hydrogen-bond donors (Lipinski definition) is 1. The number of nitrogens with one attached hydrogen (secondary N) is 1. The SMILES string of the molecule is COC(C)(C)CNS(=O)(=O)c1ccc(F)c(C#N)c1. The number of hydrogen-bond acceptors (Lipinski definition) is 4. The van der Waals surface area contributed by atoms with Gasteiger partial charge >= 0.3 is 0 Å². The molecule has 1 rings (SSSR count). The van der Waals surface area contributed by atoms with Crippen LogP contribution in [0.15, 0.2) is 23.1 Å². The summed E-state index contributed by atoms with van der Waals surface area (Å²) in [5, 5.41) is 8.68. The lowest BCUT2D eigenvalue weighted by atomic mass is 10.1. The summed E-state index contributed by atoms with van der Waals surface area (Å²) < 4.78 is 44.5. The van der Waals surface area contributed by atoms with Crippen LogP contribution in [0.3, 0.4) is 0 Å². The zero-order chi connectivity index (χ0) is 14.7. The number of nitrogens with zero attached hydrogens (tertiary/aromatic N) is 1. The van der Waals surface area contributed by atoms with Crippen molar-refractivity contribution >= 4 is 10.0 Å². The molecule has 0 aliphatic heterocycles. The molecule has 0 amide bonds. The highest BCUT2D eigenvalue weighted by atomic mass is 32.2. The molecular weight excluding hydrogens is 271 g/mol. The number of rotatable bonds is 5. The Morgan fingerprint density at radius 2 is 2.11 bits per heavy atom. The van der Waals surface area contributed by atoms with Gasteiger partial charge in [0.15, 0.2) is 0 Å². The second-order valence-corrected chi connectivity index (χ2v) is 6.31. The van der Waals surface area contributed by atoms with Gasteiger partial charge in [0.1, 0.15) is 11.9 Å². The van der Waals surface area contributed by atoms with Crippen LogP contribution in [0.2, 0.25) is 0 Å². The van der Waals surface area contributed by atoms with Crippen molar-refractivity contribution in [3.8, 4) is 6.07 Å². The van der Waals surface area contributed by atoms with Crippen LogP contribution in [0, 0.1) is 17.1 Å². The number of benzene rings is 1. The maximum absolute atomic E-state index is 13.1. The van der Waals surface area contributed by atoms with E-state index in [4.69, 9.17) is 10.00 Å². The van der Waals surface area contributed by atoms with E-state index in [0.717, 1.165) is 18.2 Å². The van der Waals surface area contributed by atoms with E-state index in [1.54, 1.807) is 19.9 Å². The second-order valence-electron chi connectivity index (χ2n) is 4.54. The topological polar surface area (TPSA) is 79.2 Å². The Bertz CT molecular complexity index is 606. The minimum atomic E-state index is -3.80. The van der Waals surface area contributed by atoms with Crippen LogP contribution in [0.25, 0.3) is 0 Å². The van der Waals surface area contributed by atoms with Gasteiger partial charge in [0.2, 0.25) is 10.0 Å². The van der Waals surface area contributed by atoms with E-state index in [-0.39, 0.29) is 17.0 Å². The summed E-state index contributed by atoms with van der Waals surface area (Å²) >= 11 is 0. The first-order valence-corrected chi connectivity index (χ1v) is 6.94. The highest BCUT2D eigenvalue weighted by Gasteiger charge is 2.22. The summed E-state index contributed by atoms with van der Waals surface area (Å²) in [4.78, 5) is -0.155. The molecule has 0 fully saturated rings. The molecule has 1 N–H and O–H groups in total. The standard InChI is InChI=1S/C12H15FN2O3S/c1-12(2,18-3)8-15-19(16,17)10-4-5-11(13)9(6-10)7-14/h4-6,15H,8H2,1-3H3. The fourth-order valence-corrected chi connectivity index (χ4v) is 2.41. The Labute approximate surface area is 112 Å². The van der Waals surface area contributed by atoms with Crippen molar-refractivity contribution in [3.63, 3.8) is 0 Å². The quantitative estimate of drug-likeness (QED) is 0.887. The number of ether oxygens (including phenoxy) is 1. The lowest BCUT2D eigenvalue weighted by Gasteiger charge is -2.23. The van der Waals surface area contributed by atoms with Crippen LogP contribution in [0.4, 0.5) is 4.39 Å². The third kappa shape index (κ3) is 3.99. The fourth-order valence-electron chi connectivity index (χ4n) is 1.18. The average molecular weight is 286 g/mol. The van der Waals surface area contributed by atoms with Crippen molar-refractivity contribution in [1.82, 2.24) is 4.72 Å². The van der Waals surface area contributed by atoms with Gasteiger partial charge in [-0.3, -0.25) is 0 Å².